The van der Waals surface area contributed by atoms with E-state index in [-0.39, 0.29) is 13.2 Å². The molecule has 0 aromatic carbocycles. The smallest absolute Gasteiger partial charge is 0.132 e. The summed E-state index contributed by atoms with van der Waals surface area (Å²) >= 11 is 0. The standard InChI is InChI=1S/C8H16O2.C7H12O2/c1-8(10)4-2-7(6-9)3-5-8;8-5-6-1-3-7(9)4-2-6/h7,9-10H,2-6H2,1H3;6,8H,1-5H2. The van der Waals surface area contributed by atoms with Gasteiger partial charge in [-0.3, -0.25) is 4.79 Å². The highest BCUT2D eigenvalue weighted by atomic mass is 16.3. The van der Waals surface area contributed by atoms with Gasteiger partial charge in [-0.15, -0.1) is 0 Å². The predicted molar refractivity (Wildman–Crippen MR) is 73.7 cm³/mol. The van der Waals surface area contributed by atoms with Crippen molar-refractivity contribution in [2.45, 2.75) is 63.9 Å². The second-order valence-electron chi connectivity index (χ2n) is 6.29. The lowest BCUT2D eigenvalue weighted by molar-refractivity contribution is -0.121. The molecule has 2 aliphatic carbocycles. The molecule has 4 heteroatoms. The molecule has 0 aliphatic heterocycles. The van der Waals surface area contributed by atoms with E-state index in [2.05, 4.69) is 0 Å². The van der Waals surface area contributed by atoms with Crippen molar-refractivity contribution in [1.82, 2.24) is 0 Å². The molecule has 112 valence electrons. The summed E-state index contributed by atoms with van der Waals surface area (Å²) in [4.78, 5) is 10.6. The van der Waals surface area contributed by atoms with Crippen LogP contribution >= 0.6 is 0 Å². The van der Waals surface area contributed by atoms with Crippen LogP contribution in [0.5, 0.6) is 0 Å². The summed E-state index contributed by atoms with van der Waals surface area (Å²) < 4.78 is 0. The van der Waals surface area contributed by atoms with Crippen molar-refractivity contribution in [2.24, 2.45) is 11.8 Å². The molecule has 0 heterocycles. The number of carbonyl (C=O) groups is 1. The summed E-state index contributed by atoms with van der Waals surface area (Å²) in [7, 11) is 0. The topological polar surface area (TPSA) is 77.8 Å². The quantitative estimate of drug-likeness (QED) is 0.714. The number of Topliss-reactive ketones (excluding diaryl/α,β-unsaturated/α-hetero) is 1. The van der Waals surface area contributed by atoms with E-state index in [0.717, 1.165) is 38.5 Å². The Labute approximate surface area is 115 Å². The molecule has 2 aliphatic rings. The van der Waals surface area contributed by atoms with E-state index in [1.54, 1.807) is 0 Å². The molecule has 0 bridgehead atoms. The Morgan fingerprint density at radius 1 is 1.00 bits per heavy atom. The van der Waals surface area contributed by atoms with Gasteiger partial charge in [-0.2, -0.15) is 0 Å². The molecule has 2 rings (SSSR count). The highest BCUT2D eigenvalue weighted by Crippen LogP contribution is 2.30. The fourth-order valence-electron chi connectivity index (χ4n) is 2.66. The van der Waals surface area contributed by atoms with Crippen LogP contribution in [0, 0.1) is 11.8 Å². The molecular weight excluding hydrogens is 244 g/mol. The van der Waals surface area contributed by atoms with Gasteiger partial charge in [-0.25, -0.2) is 0 Å². The molecule has 0 aromatic rings. The highest BCUT2D eigenvalue weighted by Gasteiger charge is 2.27. The Balaban J connectivity index is 0.000000191. The molecule has 0 spiro atoms. The summed E-state index contributed by atoms with van der Waals surface area (Å²) in [5.41, 5.74) is -0.453. The number of rotatable bonds is 2. The first-order valence-electron chi connectivity index (χ1n) is 7.42. The predicted octanol–water partition coefficient (Wildman–Crippen LogP) is 1.66. The normalized spacial score (nSPS) is 32.6. The van der Waals surface area contributed by atoms with Crippen molar-refractivity contribution in [3.05, 3.63) is 0 Å². The van der Waals surface area contributed by atoms with Crippen molar-refractivity contribution in [2.75, 3.05) is 13.2 Å². The Hall–Kier alpha value is -0.450. The second kappa shape index (κ2) is 7.98. The minimum absolute atomic E-state index is 0.257. The lowest BCUT2D eigenvalue weighted by Gasteiger charge is -2.31. The van der Waals surface area contributed by atoms with Gasteiger partial charge in [0.15, 0.2) is 0 Å². The molecule has 2 saturated carbocycles. The molecule has 0 amide bonds. The molecule has 0 saturated heterocycles. The van der Waals surface area contributed by atoms with E-state index in [0.29, 0.717) is 30.5 Å². The van der Waals surface area contributed by atoms with Gasteiger partial charge in [-0.1, -0.05) is 0 Å². The van der Waals surface area contributed by atoms with Crippen molar-refractivity contribution in [1.29, 1.82) is 0 Å². The van der Waals surface area contributed by atoms with Crippen LogP contribution in [0.1, 0.15) is 58.3 Å². The Morgan fingerprint density at radius 2 is 1.42 bits per heavy atom. The minimum Gasteiger partial charge on any atom is -0.396 e. The van der Waals surface area contributed by atoms with Gasteiger partial charge in [-0.05, 0) is 57.3 Å². The van der Waals surface area contributed by atoms with Crippen molar-refractivity contribution < 1.29 is 20.1 Å². The van der Waals surface area contributed by atoms with Crippen molar-refractivity contribution in [3.8, 4) is 0 Å². The van der Waals surface area contributed by atoms with E-state index in [1.165, 1.54) is 0 Å². The molecule has 4 nitrogen and oxygen atoms in total. The van der Waals surface area contributed by atoms with E-state index in [4.69, 9.17) is 10.2 Å². The van der Waals surface area contributed by atoms with Crippen LogP contribution in [-0.4, -0.2) is 39.9 Å². The molecule has 2 fully saturated rings. The SMILES string of the molecule is CC1(O)CCC(CO)CC1.O=C1CCC(CO)CC1. The second-order valence-corrected chi connectivity index (χ2v) is 6.29. The molecule has 0 unspecified atom stereocenters. The van der Waals surface area contributed by atoms with Gasteiger partial charge in [0.25, 0.3) is 0 Å². The van der Waals surface area contributed by atoms with Gasteiger partial charge in [0.05, 0.1) is 5.60 Å². The van der Waals surface area contributed by atoms with E-state index < -0.39 is 5.60 Å². The Kier molecular flexibility index (Phi) is 6.97. The van der Waals surface area contributed by atoms with Crippen LogP contribution in [-0.2, 0) is 4.79 Å². The third-order valence-corrected chi connectivity index (χ3v) is 4.36. The first-order chi connectivity index (χ1) is 8.96. The van der Waals surface area contributed by atoms with Crippen LogP contribution in [0.15, 0.2) is 0 Å². The average molecular weight is 272 g/mol. The first kappa shape index (κ1) is 16.6. The fourth-order valence-corrected chi connectivity index (χ4v) is 2.66. The monoisotopic (exact) mass is 272 g/mol. The Bertz CT molecular complexity index is 255. The largest absolute Gasteiger partial charge is 0.396 e. The number of hydrogen-bond acceptors (Lipinski definition) is 4. The van der Waals surface area contributed by atoms with Crippen molar-refractivity contribution >= 4 is 5.78 Å². The maximum absolute atomic E-state index is 10.6. The maximum atomic E-state index is 10.6. The Morgan fingerprint density at radius 3 is 1.84 bits per heavy atom. The van der Waals surface area contributed by atoms with E-state index >= 15 is 0 Å². The van der Waals surface area contributed by atoms with Gasteiger partial charge >= 0.3 is 0 Å². The molecule has 3 N–H and O–H groups in total. The van der Waals surface area contributed by atoms with Gasteiger partial charge in [0.2, 0.25) is 0 Å². The molecule has 0 atom stereocenters. The van der Waals surface area contributed by atoms with Gasteiger partial charge < -0.3 is 15.3 Å². The van der Waals surface area contributed by atoms with Crippen LogP contribution < -0.4 is 0 Å². The van der Waals surface area contributed by atoms with E-state index in [1.807, 2.05) is 6.92 Å². The summed E-state index contributed by atoms with van der Waals surface area (Å²) in [6, 6.07) is 0. The highest BCUT2D eigenvalue weighted by molar-refractivity contribution is 5.78. The number of aliphatic hydroxyl groups excluding tert-OH is 2. The number of ketones is 1. The molecule has 19 heavy (non-hydrogen) atoms. The minimum atomic E-state index is -0.453. The summed E-state index contributed by atoms with van der Waals surface area (Å²) in [5.74, 6) is 1.21. The average Bonchev–Trinajstić information content (AvgIpc) is 2.40. The van der Waals surface area contributed by atoms with Crippen LogP contribution in [0.3, 0.4) is 0 Å². The summed E-state index contributed by atoms with van der Waals surface area (Å²) in [6.07, 6.45) is 6.81. The number of hydrogen-bond donors (Lipinski definition) is 3. The zero-order valence-corrected chi connectivity index (χ0v) is 12.0. The van der Waals surface area contributed by atoms with Crippen LogP contribution in [0.25, 0.3) is 0 Å². The summed E-state index contributed by atoms with van der Waals surface area (Å²) in [6.45, 7) is 2.42. The van der Waals surface area contributed by atoms with E-state index in [9.17, 15) is 9.90 Å². The zero-order valence-electron chi connectivity index (χ0n) is 12.0. The molecular formula is C15H28O4. The molecule has 0 radical (unpaired) electrons. The third kappa shape index (κ3) is 6.50. The lowest BCUT2D eigenvalue weighted by atomic mass is 9.80. The van der Waals surface area contributed by atoms with Crippen molar-refractivity contribution in [3.63, 3.8) is 0 Å². The fraction of sp³-hybridized carbons (Fsp3) is 0.933. The number of carbonyl (C=O) groups excluding carboxylic acids is 1. The van der Waals surface area contributed by atoms with Gasteiger partial charge in [0, 0.05) is 26.1 Å². The molecule has 0 aromatic heterocycles. The maximum Gasteiger partial charge on any atom is 0.132 e. The first-order valence-corrected chi connectivity index (χ1v) is 7.42. The van der Waals surface area contributed by atoms with Crippen LogP contribution in [0.2, 0.25) is 0 Å². The van der Waals surface area contributed by atoms with Gasteiger partial charge in [0.1, 0.15) is 5.78 Å². The number of aliphatic hydroxyl groups is 3. The zero-order chi connectivity index (χ0) is 14.3. The third-order valence-electron chi connectivity index (χ3n) is 4.36. The summed E-state index contributed by atoms with van der Waals surface area (Å²) in [5, 5.41) is 27.0. The van der Waals surface area contributed by atoms with Crippen LogP contribution in [0.4, 0.5) is 0 Å². The lowest BCUT2D eigenvalue weighted by Crippen LogP contribution is -2.31.